The molecule has 5 fully saturated rings. The minimum atomic E-state index is -0.976. The maximum atomic E-state index is 13.0. The zero-order valence-corrected chi connectivity index (χ0v) is 28.4. The van der Waals surface area contributed by atoms with Gasteiger partial charge < -0.3 is 14.6 Å². The average molecular weight is 629 g/mol. The van der Waals surface area contributed by atoms with Crippen LogP contribution in [0.3, 0.4) is 0 Å². The van der Waals surface area contributed by atoms with Crippen molar-refractivity contribution in [2.75, 3.05) is 6.61 Å². The van der Waals surface area contributed by atoms with Crippen LogP contribution in [0.2, 0.25) is 0 Å². The number of allylic oxidation sites excluding steroid dienone is 1. The molecule has 0 saturated heterocycles. The minimum absolute atomic E-state index is 0.0685. The highest BCUT2D eigenvalue weighted by Crippen LogP contribution is 2.76. The van der Waals surface area contributed by atoms with Gasteiger partial charge in [-0.05, 0) is 111 Å². The van der Waals surface area contributed by atoms with Crippen LogP contribution in [0.1, 0.15) is 119 Å². The lowest BCUT2D eigenvalue weighted by molar-refractivity contribution is -0.259. The molecule has 0 radical (unpaired) electrons. The first-order chi connectivity index (χ1) is 21.0. The van der Waals surface area contributed by atoms with Crippen molar-refractivity contribution in [1.82, 2.24) is 0 Å². The Hall–Kier alpha value is -2.19. The Balaban J connectivity index is 1.42. The second-order valence-corrected chi connectivity index (χ2v) is 16.7. The number of fused-ring (bicyclic) bond motifs is 7. The molecule has 5 aliphatic carbocycles. The summed E-state index contributed by atoms with van der Waals surface area (Å²) in [4.78, 5) is 41.1. The number of ether oxygens (including phenoxy) is 2. The fraction of sp³-hybridized carbons (Fsp3) is 0.811. The summed E-state index contributed by atoms with van der Waals surface area (Å²) in [5.74, 6) is -0.0491. The van der Waals surface area contributed by atoms with E-state index in [9.17, 15) is 14.4 Å². The van der Waals surface area contributed by atoms with E-state index in [0.29, 0.717) is 23.7 Å². The van der Waals surface area contributed by atoms with Gasteiger partial charge in [-0.3, -0.25) is 14.8 Å². The molecule has 0 aromatic carbocycles. The monoisotopic (exact) mass is 628 g/mol. The van der Waals surface area contributed by atoms with E-state index >= 15 is 0 Å². The van der Waals surface area contributed by atoms with Crippen molar-refractivity contribution < 1.29 is 39.1 Å². The molecule has 7 unspecified atom stereocenters. The van der Waals surface area contributed by atoms with Gasteiger partial charge in [0.15, 0.2) is 0 Å². The summed E-state index contributed by atoms with van der Waals surface area (Å²) in [5, 5.41) is 18.0. The Morgan fingerprint density at radius 2 is 1.53 bits per heavy atom. The predicted molar refractivity (Wildman–Crippen MR) is 170 cm³/mol. The van der Waals surface area contributed by atoms with Crippen LogP contribution in [0.25, 0.3) is 0 Å². The first kappa shape index (κ1) is 34.2. The van der Waals surface area contributed by atoms with E-state index in [1.807, 2.05) is 0 Å². The molecule has 2 N–H and O–H groups in total. The van der Waals surface area contributed by atoms with Crippen LogP contribution >= 0.6 is 0 Å². The number of hydrogen-bond donors (Lipinski definition) is 2. The maximum Gasteiger partial charge on any atom is 0.336 e. The van der Waals surface area contributed by atoms with Crippen LogP contribution in [-0.2, 0) is 28.7 Å². The summed E-state index contributed by atoms with van der Waals surface area (Å²) in [6, 6.07) is 0. The van der Waals surface area contributed by atoms with Gasteiger partial charge in [-0.25, -0.2) is 9.68 Å². The lowest BCUT2D eigenvalue weighted by Crippen LogP contribution is -2.67. The van der Waals surface area contributed by atoms with E-state index in [2.05, 4.69) is 59.6 Å². The van der Waals surface area contributed by atoms with E-state index in [1.54, 1.807) is 0 Å². The largest absolute Gasteiger partial charge is 0.481 e. The number of carboxylic acid groups (broad SMARTS) is 1. The highest BCUT2D eigenvalue weighted by atomic mass is 17.1. The predicted octanol–water partition coefficient (Wildman–Crippen LogP) is 7.76. The summed E-state index contributed by atoms with van der Waals surface area (Å²) in [6.07, 6.45) is 9.26. The Morgan fingerprint density at radius 3 is 2.18 bits per heavy atom. The topological polar surface area (TPSA) is 119 Å². The van der Waals surface area contributed by atoms with Crippen molar-refractivity contribution in [2.24, 2.45) is 51.2 Å². The molecule has 0 aromatic heterocycles. The molecule has 0 spiro atoms. The van der Waals surface area contributed by atoms with E-state index in [1.165, 1.54) is 5.57 Å². The third-order valence-corrected chi connectivity index (χ3v) is 14.6. The van der Waals surface area contributed by atoms with Gasteiger partial charge in [0.1, 0.15) is 18.3 Å². The smallest absolute Gasteiger partial charge is 0.336 e. The molecule has 0 aromatic rings. The van der Waals surface area contributed by atoms with E-state index in [0.717, 1.165) is 64.2 Å². The van der Waals surface area contributed by atoms with Crippen molar-refractivity contribution >= 4 is 17.9 Å². The third kappa shape index (κ3) is 5.30. The van der Waals surface area contributed by atoms with Gasteiger partial charge in [0.2, 0.25) is 0 Å². The molecular weight excluding hydrogens is 572 g/mol. The molecule has 5 saturated carbocycles. The minimum Gasteiger partial charge on any atom is -0.481 e. The summed E-state index contributed by atoms with van der Waals surface area (Å²) >= 11 is 0. The van der Waals surface area contributed by atoms with Crippen LogP contribution < -0.4 is 0 Å². The van der Waals surface area contributed by atoms with Crippen molar-refractivity contribution in [2.45, 2.75) is 130 Å². The number of hydrogen-bond acceptors (Lipinski definition) is 7. The van der Waals surface area contributed by atoms with Crippen molar-refractivity contribution in [3.8, 4) is 0 Å². The van der Waals surface area contributed by atoms with Gasteiger partial charge in [0.25, 0.3) is 0 Å². The summed E-state index contributed by atoms with van der Waals surface area (Å²) < 4.78 is 12.4. The number of rotatable bonds is 9. The van der Waals surface area contributed by atoms with Gasteiger partial charge in [0.05, 0.1) is 18.4 Å². The van der Waals surface area contributed by atoms with Gasteiger partial charge >= 0.3 is 17.9 Å². The molecular formula is C37H56O8. The first-order valence-electron chi connectivity index (χ1n) is 17.2. The Morgan fingerprint density at radius 1 is 0.822 bits per heavy atom. The molecule has 252 valence electrons. The number of aliphatic carboxylic acids is 1. The second-order valence-electron chi connectivity index (χ2n) is 16.7. The van der Waals surface area contributed by atoms with Gasteiger partial charge in [-0.1, -0.05) is 53.3 Å². The van der Waals surface area contributed by atoms with Crippen molar-refractivity contribution in [3.05, 3.63) is 24.3 Å². The maximum absolute atomic E-state index is 13.0. The summed E-state index contributed by atoms with van der Waals surface area (Å²) in [5.41, 5.74) is 0.796. The molecule has 8 nitrogen and oxygen atoms in total. The fourth-order valence-corrected chi connectivity index (χ4v) is 12.3. The first-order valence-corrected chi connectivity index (χ1v) is 17.2. The molecule has 0 aliphatic heterocycles. The van der Waals surface area contributed by atoms with Gasteiger partial charge in [0, 0.05) is 11.3 Å². The third-order valence-electron chi connectivity index (χ3n) is 14.6. The van der Waals surface area contributed by atoms with Crippen molar-refractivity contribution in [1.29, 1.82) is 0 Å². The van der Waals surface area contributed by atoms with Crippen LogP contribution in [-0.4, -0.2) is 46.6 Å². The average Bonchev–Trinajstić information content (AvgIpc) is 3.33. The number of carbonyl (C=O) groups is 3. The zero-order valence-electron chi connectivity index (χ0n) is 28.4. The van der Waals surface area contributed by atoms with Crippen LogP contribution in [0, 0.1) is 51.2 Å². The van der Waals surface area contributed by atoms with Crippen LogP contribution in [0.4, 0.5) is 0 Å². The lowest BCUT2D eigenvalue weighted by atomic mass is 9.33. The highest BCUT2D eigenvalue weighted by Gasteiger charge is 2.71. The Kier molecular flexibility index (Phi) is 8.96. The Labute approximate surface area is 269 Å². The molecule has 8 heteroatoms. The number of carboxylic acids is 1. The molecule has 5 rings (SSSR count). The molecule has 0 amide bonds. The summed E-state index contributed by atoms with van der Waals surface area (Å²) in [7, 11) is 0. The molecule has 10 atom stereocenters. The zero-order chi connectivity index (χ0) is 33.2. The molecule has 0 heterocycles. The van der Waals surface area contributed by atoms with E-state index < -0.39 is 17.5 Å². The molecule has 0 bridgehead atoms. The van der Waals surface area contributed by atoms with Gasteiger partial charge in [-0.15, -0.1) is 0 Å². The van der Waals surface area contributed by atoms with Gasteiger partial charge in [-0.2, -0.15) is 0 Å². The summed E-state index contributed by atoms with van der Waals surface area (Å²) in [6.45, 7) is 22.1. The molecule has 45 heavy (non-hydrogen) atoms. The quantitative estimate of drug-likeness (QED) is 0.0874. The van der Waals surface area contributed by atoms with Crippen LogP contribution in [0.5, 0.6) is 0 Å². The number of esters is 2. The SMILES string of the molecule is C=C(COO)C(=O)OC1CC[C@@]2(C)C(CC[C@]3(C)C2CCC2C4C(C(=C)C)CCC4(OC(=O)CCC(=O)O)CC[C@@]23C)C1(C)C. The highest BCUT2D eigenvalue weighted by molar-refractivity contribution is 5.88. The molecule has 5 aliphatic rings. The van der Waals surface area contributed by atoms with Crippen molar-refractivity contribution in [3.63, 3.8) is 0 Å². The second kappa shape index (κ2) is 11.8. The fourth-order valence-electron chi connectivity index (χ4n) is 12.3. The van der Waals surface area contributed by atoms with E-state index in [4.69, 9.17) is 19.8 Å². The number of carbonyl (C=O) groups excluding carboxylic acids is 2. The Bertz CT molecular complexity index is 1240. The normalized spacial score (nSPS) is 43.1. The van der Waals surface area contributed by atoms with E-state index in [-0.39, 0.29) is 64.7 Å². The van der Waals surface area contributed by atoms with Crippen LogP contribution in [0.15, 0.2) is 24.3 Å². The lowest BCUT2D eigenvalue weighted by Gasteiger charge is -2.72. The standard InChI is InChI=1S/C37H56O8/c1-22(2)24-13-18-37(45-30(40)12-11-29(38)39)20-19-35(7)25(31(24)37)9-10-27-34(6)16-15-28(44-32(41)23(3)21-43-42)33(4,5)26(34)14-17-36(27,35)8/h24-28,31,42H,1,3,9-21H2,2,4-8H3,(H,38,39)/t24?,25?,26?,27?,28?,31?,34-,35-,36+,37?/m0/s1.